The minimum Gasteiger partial charge on any atom is -0.381 e. The molecule has 0 fully saturated rings. The molecule has 17 heavy (non-hydrogen) atoms. The van der Waals surface area contributed by atoms with E-state index in [2.05, 4.69) is 29.1 Å². The highest BCUT2D eigenvalue weighted by molar-refractivity contribution is 5.02. The van der Waals surface area contributed by atoms with Crippen molar-refractivity contribution in [3.8, 4) is 0 Å². The minimum atomic E-state index is 0.250. The molecule has 1 rings (SSSR count). The summed E-state index contributed by atoms with van der Waals surface area (Å²) in [4.78, 5) is 8.47. The van der Waals surface area contributed by atoms with Crippen LogP contribution in [0, 0.1) is 0 Å². The van der Waals surface area contributed by atoms with E-state index >= 15 is 0 Å². The zero-order chi connectivity index (χ0) is 12.3. The van der Waals surface area contributed by atoms with Gasteiger partial charge in [0, 0.05) is 31.8 Å². The van der Waals surface area contributed by atoms with Gasteiger partial charge in [-0.1, -0.05) is 13.8 Å². The third kappa shape index (κ3) is 5.75. The molecular weight excluding hydrogens is 214 g/mol. The van der Waals surface area contributed by atoms with Crippen LogP contribution in [0.5, 0.6) is 0 Å². The van der Waals surface area contributed by atoms with E-state index in [1.54, 1.807) is 12.4 Å². The van der Waals surface area contributed by atoms with Gasteiger partial charge in [0.15, 0.2) is 0 Å². The quantitative estimate of drug-likeness (QED) is 0.670. The lowest BCUT2D eigenvalue weighted by atomic mass is 10.1. The van der Waals surface area contributed by atoms with Gasteiger partial charge in [-0.2, -0.15) is 0 Å². The van der Waals surface area contributed by atoms with Gasteiger partial charge in [-0.15, -0.1) is 0 Å². The molecule has 4 nitrogen and oxygen atoms in total. The highest BCUT2D eigenvalue weighted by atomic mass is 16.5. The first-order chi connectivity index (χ1) is 8.38. The van der Waals surface area contributed by atoms with E-state index in [1.165, 1.54) is 0 Å². The summed E-state index contributed by atoms with van der Waals surface area (Å²) in [6, 6.07) is 0.250. The smallest absolute Gasteiger partial charge is 0.0756 e. The van der Waals surface area contributed by atoms with Crippen molar-refractivity contribution >= 4 is 0 Å². The molecule has 0 amide bonds. The lowest BCUT2D eigenvalue weighted by Crippen LogP contribution is -2.24. The van der Waals surface area contributed by atoms with Crippen molar-refractivity contribution in [3.63, 3.8) is 0 Å². The van der Waals surface area contributed by atoms with Gasteiger partial charge in [-0.25, -0.2) is 0 Å². The molecule has 0 saturated heterocycles. The molecule has 96 valence electrons. The van der Waals surface area contributed by atoms with Crippen LogP contribution in [0.4, 0.5) is 0 Å². The first-order valence-corrected chi connectivity index (χ1v) is 6.45. The standard InChI is InChI=1S/C13H23N3O/c1-3-6-15-12(5-10-17-9-4-2)13-11-14-7-8-16-13/h7-8,11-12,15H,3-6,9-10H2,1-2H3. The summed E-state index contributed by atoms with van der Waals surface area (Å²) in [5.74, 6) is 0. The monoisotopic (exact) mass is 237 g/mol. The Hall–Kier alpha value is -1.00. The lowest BCUT2D eigenvalue weighted by Gasteiger charge is -2.17. The first kappa shape index (κ1) is 14.1. The highest BCUT2D eigenvalue weighted by Crippen LogP contribution is 2.13. The summed E-state index contributed by atoms with van der Waals surface area (Å²) >= 11 is 0. The summed E-state index contributed by atoms with van der Waals surface area (Å²) in [6.45, 7) is 6.88. The summed E-state index contributed by atoms with van der Waals surface area (Å²) < 4.78 is 5.53. The van der Waals surface area contributed by atoms with E-state index in [0.717, 1.165) is 44.7 Å². The molecule has 0 bridgehead atoms. The minimum absolute atomic E-state index is 0.250. The van der Waals surface area contributed by atoms with Crippen molar-refractivity contribution in [1.82, 2.24) is 15.3 Å². The van der Waals surface area contributed by atoms with E-state index in [1.807, 2.05) is 6.20 Å². The number of nitrogens with one attached hydrogen (secondary N) is 1. The van der Waals surface area contributed by atoms with Gasteiger partial charge in [0.25, 0.3) is 0 Å². The SMILES string of the molecule is CCCNC(CCOCCC)c1cnccn1. The fourth-order valence-electron chi connectivity index (χ4n) is 1.61. The zero-order valence-corrected chi connectivity index (χ0v) is 10.9. The Kier molecular flexibility index (Phi) is 7.51. The molecular formula is C13H23N3O. The van der Waals surface area contributed by atoms with Crippen LogP contribution >= 0.6 is 0 Å². The van der Waals surface area contributed by atoms with Gasteiger partial charge >= 0.3 is 0 Å². The zero-order valence-electron chi connectivity index (χ0n) is 10.9. The van der Waals surface area contributed by atoms with Gasteiger partial charge < -0.3 is 10.1 Å². The number of hydrogen-bond donors (Lipinski definition) is 1. The normalized spacial score (nSPS) is 12.6. The van der Waals surface area contributed by atoms with Crippen LogP contribution < -0.4 is 5.32 Å². The van der Waals surface area contributed by atoms with Crippen molar-refractivity contribution in [3.05, 3.63) is 24.3 Å². The van der Waals surface area contributed by atoms with Crippen molar-refractivity contribution in [1.29, 1.82) is 0 Å². The Morgan fingerprint density at radius 3 is 2.76 bits per heavy atom. The maximum atomic E-state index is 5.53. The number of rotatable bonds is 9. The molecule has 1 heterocycles. The Morgan fingerprint density at radius 2 is 2.12 bits per heavy atom. The van der Waals surface area contributed by atoms with Crippen molar-refractivity contribution in [2.24, 2.45) is 0 Å². The number of aromatic nitrogens is 2. The summed E-state index contributed by atoms with van der Waals surface area (Å²) in [5.41, 5.74) is 1.00. The Bertz CT molecular complexity index is 279. The average Bonchev–Trinajstić information content (AvgIpc) is 2.39. The van der Waals surface area contributed by atoms with Crippen LogP contribution in [0.25, 0.3) is 0 Å². The maximum Gasteiger partial charge on any atom is 0.0756 e. The third-order valence-corrected chi connectivity index (χ3v) is 2.48. The number of hydrogen-bond acceptors (Lipinski definition) is 4. The molecule has 1 aromatic rings. The predicted molar refractivity (Wildman–Crippen MR) is 68.8 cm³/mol. The molecule has 0 aliphatic carbocycles. The van der Waals surface area contributed by atoms with E-state index in [9.17, 15) is 0 Å². The largest absolute Gasteiger partial charge is 0.381 e. The molecule has 0 radical (unpaired) electrons. The summed E-state index contributed by atoms with van der Waals surface area (Å²) in [7, 11) is 0. The van der Waals surface area contributed by atoms with Crippen LogP contribution in [0.3, 0.4) is 0 Å². The van der Waals surface area contributed by atoms with Crippen LogP contribution in [0.2, 0.25) is 0 Å². The Labute approximate surface area is 104 Å². The molecule has 1 unspecified atom stereocenters. The molecule has 0 saturated carbocycles. The fraction of sp³-hybridized carbons (Fsp3) is 0.692. The van der Waals surface area contributed by atoms with E-state index in [0.29, 0.717) is 0 Å². The average molecular weight is 237 g/mol. The second-order valence-corrected chi connectivity index (χ2v) is 4.04. The topological polar surface area (TPSA) is 47.0 Å². The molecule has 1 aromatic heterocycles. The second kappa shape index (κ2) is 9.07. The van der Waals surface area contributed by atoms with Crippen molar-refractivity contribution in [2.75, 3.05) is 19.8 Å². The van der Waals surface area contributed by atoms with Crippen LogP contribution in [-0.2, 0) is 4.74 Å². The maximum absolute atomic E-state index is 5.53. The molecule has 0 aliphatic heterocycles. The van der Waals surface area contributed by atoms with Gasteiger partial charge in [-0.05, 0) is 25.8 Å². The summed E-state index contributed by atoms with van der Waals surface area (Å²) in [5, 5.41) is 3.48. The van der Waals surface area contributed by atoms with Gasteiger partial charge in [0.1, 0.15) is 0 Å². The lowest BCUT2D eigenvalue weighted by molar-refractivity contribution is 0.124. The van der Waals surface area contributed by atoms with Crippen molar-refractivity contribution < 1.29 is 4.74 Å². The van der Waals surface area contributed by atoms with Gasteiger partial charge in [0.05, 0.1) is 11.7 Å². The van der Waals surface area contributed by atoms with E-state index in [4.69, 9.17) is 4.74 Å². The highest BCUT2D eigenvalue weighted by Gasteiger charge is 2.11. The molecule has 0 aliphatic rings. The van der Waals surface area contributed by atoms with Gasteiger partial charge in [-0.3, -0.25) is 9.97 Å². The predicted octanol–water partition coefficient (Wildman–Crippen LogP) is 2.33. The van der Waals surface area contributed by atoms with E-state index in [-0.39, 0.29) is 6.04 Å². The first-order valence-electron chi connectivity index (χ1n) is 6.45. The third-order valence-electron chi connectivity index (χ3n) is 2.48. The molecule has 1 N–H and O–H groups in total. The van der Waals surface area contributed by atoms with Crippen molar-refractivity contribution in [2.45, 2.75) is 39.2 Å². The number of ether oxygens (including phenoxy) is 1. The van der Waals surface area contributed by atoms with Crippen LogP contribution in [0.15, 0.2) is 18.6 Å². The van der Waals surface area contributed by atoms with Crippen LogP contribution in [-0.4, -0.2) is 29.7 Å². The second-order valence-electron chi connectivity index (χ2n) is 4.04. The van der Waals surface area contributed by atoms with Crippen LogP contribution in [0.1, 0.15) is 44.8 Å². The molecule has 1 atom stereocenters. The molecule has 0 aromatic carbocycles. The number of nitrogens with zero attached hydrogens (tertiary/aromatic N) is 2. The summed E-state index contributed by atoms with van der Waals surface area (Å²) in [6.07, 6.45) is 8.40. The van der Waals surface area contributed by atoms with Gasteiger partial charge in [0.2, 0.25) is 0 Å². The molecule has 4 heteroatoms. The molecule has 0 spiro atoms. The Morgan fingerprint density at radius 1 is 1.24 bits per heavy atom. The Balaban J connectivity index is 2.43. The van der Waals surface area contributed by atoms with E-state index < -0.39 is 0 Å². The fourth-order valence-corrected chi connectivity index (χ4v) is 1.61.